The van der Waals surface area contributed by atoms with E-state index in [2.05, 4.69) is 27.5 Å². The number of likely N-dealkylation sites (tertiary alicyclic amines) is 1. The molecular weight excluding hydrogens is 385 g/mol. The van der Waals surface area contributed by atoms with Crippen molar-refractivity contribution in [3.05, 3.63) is 29.1 Å². The number of halogens is 1. The number of anilines is 1. The van der Waals surface area contributed by atoms with Crippen LogP contribution in [0.3, 0.4) is 0 Å². The van der Waals surface area contributed by atoms with Gasteiger partial charge in [0.2, 0.25) is 11.8 Å². The number of piperazine rings is 1. The zero-order valence-corrected chi connectivity index (χ0v) is 18.1. The van der Waals surface area contributed by atoms with Gasteiger partial charge in [-0.15, -0.1) is 0 Å². The minimum absolute atomic E-state index is 0.0588. The van der Waals surface area contributed by atoms with Gasteiger partial charge in [-0.05, 0) is 32.0 Å². The average Bonchev–Trinajstić information content (AvgIpc) is 3.17. The summed E-state index contributed by atoms with van der Waals surface area (Å²) < 4.78 is 14.1. The Labute approximate surface area is 177 Å². The molecule has 0 aromatic heterocycles. The first-order chi connectivity index (χ1) is 14.3. The third-order valence-electron chi connectivity index (χ3n) is 6.74. The fourth-order valence-corrected chi connectivity index (χ4v) is 5.09. The Kier molecular flexibility index (Phi) is 5.97. The summed E-state index contributed by atoms with van der Waals surface area (Å²) in [6, 6.07) is 3.21. The lowest BCUT2D eigenvalue weighted by atomic mass is 9.98. The van der Waals surface area contributed by atoms with Gasteiger partial charge in [0.25, 0.3) is 0 Å². The Bertz CT molecular complexity index is 793. The maximum atomic E-state index is 14.1. The standard InChI is InChI=1S/C22H32FN5O2/c1-14-4-5-19(23)18-11-20(25-21(14)18)22(30)24-16-10-17(13-26(3)12-16)28-8-6-27(7-9-28)15(2)29/h4-5,16-17,20,25H,6-13H2,1-3H3,(H,24,30)/t16-,17?,20?/m1/s1. The summed E-state index contributed by atoms with van der Waals surface area (Å²) in [5, 5.41) is 6.42. The number of hydrogen-bond donors (Lipinski definition) is 2. The first-order valence-electron chi connectivity index (χ1n) is 10.8. The molecule has 2 N–H and O–H groups in total. The molecule has 0 radical (unpaired) electrons. The van der Waals surface area contributed by atoms with Gasteiger partial charge in [0.05, 0.1) is 0 Å². The monoisotopic (exact) mass is 417 g/mol. The Balaban J connectivity index is 1.34. The summed E-state index contributed by atoms with van der Waals surface area (Å²) in [5.41, 5.74) is 2.33. The van der Waals surface area contributed by atoms with Crippen LogP contribution in [0.1, 0.15) is 24.5 Å². The molecule has 30 heavy (non-hydrogen) atoms. The van der Waals surface area contributed by atoms with Crippen LogP contribution in [0.15, 0.2) is 12.1 Å². The van der Waals surface area contributed by atoms with Crippen molar-refractivity contribution < 1.29 is 14.0 Å². The van der Waals surface area contributed by atoms with E-state index in [9.17, 15) is 14.0 Å². The number of hydrogen-bond acceptors (Lipinski definition) is 5. The van der Waals surface area contributed by atoms with E-state index in [1.165, 1.54) is 6.07 Å². The number of aryl methyl sites for hydroxylation is 1. The molecular formula is C22H32FN5O2. The Hall–Kier alpha value is -2.19. The predicted molar refractivity (Wildman–Crippen MR) is 114 cm³/mol. The number of fused-ring (bicyclic) bond motifs is 1. The van der Waals surface area contributed by atoms with Crippen molar-refractivity contribution in [3.8, 4) is 0 Å². The minimum atomic E-state index is -0.430. The molecule has 2 amide bonds. The summed E-state index contributed by atoms with van der Waals surface area (Å²) in [5.74, 6) is -0.177. The number of carbonyl (C=O) groups is 2. The van der Waals surface area contributed by atoms with Crippen molar-refractivity contribution in [3.63, 3.8) is 0 Å². The molecule has 2 fully saturated rings. The van der Waals surface area contributed by atoms with E-state index >= 15 is 0 Å². The van der Waals surface area contributed by atoms with Crippen molar-refractivity contribution in [2.45, 2.75) is 44.8 Å². The van der Waals surface area contributed by atoms with Gasteiger partial charge in [-0.25, -0.2) is 4.39 Å². The van der Waals surface area contributed by atoms with Crippen LogP contribution in [0.2, 0.25) is 0 Å². The molecule has 0 saturated carbocycles. The summed E-state index contributed by atoms with van der Waals surface area (Å²) in [6.07, 6.45) is 1.27. The third kappa shape index (κ3) is 4.30. The van der Waals surface area contributed by atoms with E-state index in [1.54, 1.807) is 13.0 Å². The van der Waals surface area contributed by atoms with Crippen molar-refractivity contribution in [2.24, 2.45) is 0 Å². The van der Waals surface area contributed by atoms with Gasteiger partial charge in [-0.3, -0.25) is 14.5 Å². The van der Waals surface area contributed by atoms with E-state index in [0.717, 1.165) is 56.9 Å². The molecule has 4 rings (SSSR count). The van der Waals surface area contributed by atoms with Crippen LogP contribution >= 0.6 is 0 Å². The lowest BCUT2D eigenvalue weighted by Crippen LogP contribution is -2.60. The van der Waals surface area contributed by atoms with Crippen LogP contribution in [0.25, 0.3) is 0 Å². The van der Waals surface area contributed by atoms with Gasteiger partial charge >= 0.3 is 0 Å². The minimum Gasteiger partial charge on any atom is -0.373 e. The lowest BCUT2D eigenvalue weighted by Gasteiger charge is -2.44. The van der Waals surface area contributed by atoms with Gasteiger partial charge in [-0.2, -0.15) is 0 Å². The fourth-order valence-electron chi connectivity index (χ4n) is 5.09. The number of nitrogens with zero attached hydrogens (tertiary/aromatic N) is 3. The third-order valence-corrected chi connectivity index (χ3v) is 6.74. The van der Waals surface area contributed by atoms with Gasteiger partial charge in [0, 0.05) is 75.9 Å². The van der Waals surface area contributed by atoms with Crippen molar-refractivity contribution in [1.82, 2.24) is 20.0 Å². The molecule has 0 bridgehead atoms. The topological polar surface area (TPSA) is 67.9 Å². The molecule has 1 aromatic carbocycles. The molecule has 3 heterocycles. The van der Waals surface area contributed by atoms with E-state index in [-0.39, 0.29) is 23.7 Å². The van der Waals surface area contributed by atoms with Crippen molar-refractivity contribution in [1.29, 1.82) is 0 Å². The Morgan fingerprint density at radius 2 is 1.90 bits per heavy atom. The zero-order valence-electron chi connectivity index (χ0n) is 18.1. The summed E-state index contributed by atoms with van der Waals surface area (Å²) in [4.78, 5) is 31.1. The largest absolute Gasteiger partial charge is 0.373 e. The molecule has 3 atom stereocenters. The molecule has 0 spiro atoms. The zero-order chi connectivity index (χ0) is 21.4. The molecule has 164 valence electrons. The number of nitrogens with one attached hydrogen (secondary N) is 2. The normalized spacial score (nSPS) is 27.5. The number of amides is 2. The lowest BCUT2D eigenvalue weighted by molar-refractivity contribution is -0.131. The van der Waals surface area contributed by atoms with E-state index in [1.807, 2.05) is 11.8 Å². The first kappa shape index (κ1) is 21.1. The molecule has 8 heteroatoms. The van der Waals surface area contributed by atoms with Gasteiger partial charge < -0.3 is 20.4 Å². The average molecular weight is 418 g/mol. The number of benzene rings is 1. The molecule has 3 aliphatic rings. The summed E-state index contributed by atoms with van der Waals surface area (Å²) in [7, 11) is 2.08. The summed E-state index contributed by atoms with van der Waals surface area (Å²) >= 11 is 0. The highest BCUT2D eigenvalue weighted by molar-refractivity contribution is 5.88. The second-order valence-corrected chi connectivity index (χ2v) is 8.98. The SMILES string of the molecule is CC(=O)N1CCN(C2C[C@@H](NC(=O)C3Cc4c(F)ccc(C)c4N3)CN(C)C2)CC1. The highest BCUT2D eigenvalue weighted by Crippen LogP contribution is 2.31. The van der Waals surface area contributed by atoms with E-state index in [4.69, 9.17) is 0 Å². The molecule has 7 nitrogen and oxygen atoms in total. The Morgan fingerprint density at radius 3 is 2.57 bits per heavy atom. The van der Waals surface area contributed by atoms with Crippen LogP contribution in [-0.2, 0) is 16.0 Å². The predicted octanol–water partition coefficient (Wildman–Crippen LogP) is 0.824. The molecule has 0 aliphatic carbocycles. The van der Waals surface area contributed by atoms with Crippen LogP contribution in [0.4, 0.5) is 10.1 Å². The Morgan fingerprint density at radius 1 is 1.17 bits per heavy atom. The second-order valence-electron chi connectivity index (χ2n) is 8.98. The number of carbonyl (C=O) groups excluding carboxylic acids is 2. The quantitative estimate of drug-likeness (QED) is 0.763. The van der Waals surface area contributed by atoms with Gasteiger partial charge in [0.1, 0.15) is 11.9 Å². The van der Waals surface area contributed by atoms with Crippen molar-refractivity contribution >= 4 is 17.5 Å². The van der Waals surface area contributed by atoms with E-state index < -0.39 is 6.04 Å². The highest BCUT2D eigenvalue weighted by Gasteiger charge is 2.35. The maximum Gasteiger partial charge on any atom is 0.243 e. The second kappa shape index (κ2) is 8.51. The van der Waals surface area contributed by atoms with Gasteiger partial charge in [-0.1, -0.05) is 6.07 Å². The van der Waals surface area contributed by atoms with E-state index in [0.29, 0.717) is 18.0 Å². The fraction of sp³-hybridized carbons (Fsp3) is 0.636. The highest BCUT2D eigenvalue weighted by atomic mass is 19.1. The number of rotatable bonds is 3. The van der Waals surface area contributed by atoms with Crippen LogP contribution in [0.5, 0.6) is 0 Å². The first-order valence-corrected chi connectivity index (χ1v) is 10.8. The molecule has 2 saturated heterocycles. The van der Waals surface area contributed by atoms with Crippen LogP contribution < -0.4 is 10.6 Å². The number of piperidine rings is 1. The van der Waals surface area contributed by atoms with Crippen LogP contribution in [0, 0.1) is 12.7 Å². The maximum absolute atomic E-state index is 14.1. The van der Waals surface area contributed by atoms with Crippen LogP contribution in [-0.4, -0.2) is 91.0 Å². The van der Waals surface area contributed by atoms with Gasteiger partial charge in [0.15, 0.2) is 0 Å². The molecule has 3 aliphatic heterocycles. The smallest absolute Gasteiger partial charge is 0.243 e. The van der Waals surface area contributed by atoms with Crippen molar-refractivity contribution in [2.75, 3.05) is 51.6 Å². The summed E-state index contributed by atoms with van der Waals surface area (Å²) in [6.45, 7) is 8.60. The molecule has 2 unspecified atom stereocenters. The molecule has 1 aromatic rings. The number of likely N-dealkylation sites (N-methyl/N-ethyl adjacent to an activating group) is 1.